The second kappa shape index (κ2) is 8.58. The van der Waals surface area contributed by atoms with Crippen molar-refractivity contribution in [3.05, 3.63) is 60.2 Å². The van der Waals surface area contributed by atoms with Gasteiger partial charge in [0.05, 0.1) is 5.69 Å². The first kappa shape index (κ1) is 16.5. The van der Waals surface area contributed by atoms with E-state index in [2.05, 4.69) is 10.6 Å². The highest BCUT2D eigenvalue weighted by Gasteiger charge is 2.07. The largest absolute Gasteiger partial charge is 0.482 e. The Bertz CT molecular complexity index is 656. The van der Waals surface area contributed by atoms with Crippen LogP contribution in [0.4, 0.5) is 5.69 Å². The summed E-state index contributed by atoms with van der Waals surface area (Å²) in [7, 11) is 0. The van der Waals surface area contributed by atoms with Gasteiger partial charge in [-0.2, -0.15) is 0 Å². The SMILES string of the molecule is CC(=O)Nc1ccccc1OCC(=O)NCCc1ccccc1. The number of carbonyl (C=O) groups excluding carboxylic acids is 2. The molecule has 0 saturated carbocycles. The maximum Gasteiger partial charge on any atom is 0.257 e. The predicted octanol–water partition coefficient (Wildman–Crippen LogP) is 2.38. The Morgan fingerprint density at radius 3 is 2.43 bits per heavy atom. The molecule has 0 aliphatic carbocycles. The van der Waals surface area contributed by atoms with E-state index >= 15 is 0 Å². The molecule has 0 saturated heterocycles. The minimum atomic E-state index is -0.196. The molecule has 0 radical (unpaired) electrons. The van der Waals surface area contributed by atoms with Crippen molar-refractivity contribution in [3.63, 3.8) is 0 Å². The van der Waals surface area contributed by atoms with Crippen LogP contribution in [0.1, 0.15) is 12.5 Å². The van der Waals surface area contributed by atoms with Crippen LogP contribution < -0.4 is 15.4 Å². The molecule has 2 N–H and O–H groups in total. The Morgan fingerprint density at radius 1 is 1.00 bits per heavy atom. The average molecular weight is 312 g/mol. The normalized spacial score (nSPS) is 9.96. The Morgan fingerprint density at radius 2 is 1.70 bits per heavy atom. The Hall–Kier alpha value is -2.82. The number of hydrogen-bond donors (Lipinski definition) is 2. The fourth-order valence-corrected chi connectivity index (χ4v) is 2.07. The summed E-state index contributed by atoms with van der Waals surface area (Å²) < 4.78 is 5.48. The summed E-state index contributed by atoms with van der Waals surface area (Å²) in [6.45, 7) is 1.89. The van der Waals surface area contributed by atoms with E-state index < -0.39 is 0 Å². The quantitative estimate of drug-likeness (QED) is 0.825. The van der Waals surface area contributed by atoms with Gasteiger partial charge in [-0.25, -0.2) is 0 Å². The molecule has 0 atom stereocenters. The van der Waals surface area contributed by atoms with E-state index in [4.69, 9.17) is 4.74 Å². The van der Waals surface area contributed by atoms with Crippen molar-refractivity contribution in [2.75, 3.05) is 18.5 Å². The van der Waals surface area contributed by atoms with Gasteiger partial charge in [-0.1, -0.05) is 42.5 Å². The molecule has 2 aromatic carbocycles. The number of nitrogens with one attached hydrogen (secondary N) is 2. The lowest BCUT2D eigenvalue weighted by Gasteiger charge is -2.11. The number of benzene rings is 2. The molecule has 2 amide bonds. The number of hydrogen-bond acceptors (Lipinski definition) is 3. The summed E-state index contributed by atoms with van der Waals surface area (Å²) in [6.07, 6.45) is 0.773. The van der Waals surface area contributed by atoms with Crippen molar-refractivity contribution in [1.82, 2.24) is 5.32 Å². The van der Waals surface area contributed by atoms with Gasteiger partial charge in [0.15, 0.2) is 6.61 Å². The van der Waals surface area contributed by atoms with E-state index in [1.54, 1.807) is 24.3 Å². The third-order valence-electron chi connectivity index (χ3n) is 3.14. The molecule has 23 heavy (non-hydrogen) atoms. The number of rotatable bonds is 7. The van der Waals surface area contributed by atoms with Crippen LogP contribution in [0.5, 0.6) is 5.75 Å². The van der Waals surface area contributed by atoms with Crippen molar-refractivity contribution in [2.45, 2.75) is 13.3 Å². The maximum absolute atomic E-state index is 11.8. The molecule has 0 fully saturated rings. The number of carbonyl (C=O) groups is 2. The minimum absolute atomic E-state index is 0.0919. The van der Waals surface area contributed by atoms with E-state index in [0.717, 1.165) is 6.42 Å². The van der Waals surface area contributed by atoms with Crippen molar-refractivity contribution >= 4 is 17.5 Å². The van der Waals surface area contributed by atoms with Crippen molar-refractivity contribution in [1.29, 1.82) is 0 Å². The lowest BCUT2D eigenvalue weighted by atomic mass is 10.1. The van der Waals surface area contributed by atoms with Crippen molar-refractivity contribution < 1.29 is 14.3 Å². The monoisotopic (exact) mass is 312 g/mol. The van der Waals surface area contributed by atoms with E-state index in [0.29, 0.717) is 18.0 Å². The summed E-state index contributed by atoms with van der Waals surface area (Å²) in [5.41, 5.74) is 1.72. The summed E-state index contributed by atoms with van der Waals surface area (Å²) in [5, 5.41) is 5.48. The zero-order valence-electron chi connectivity index (χ0n) is 13.0. The van der Waals surface area contributed by atoms with Gasteiger partial charge in [0.25, 0.3) is 5.91 Å². The van der Waals surface area contributed by atoms with Gasteiger partial charge in [0, 0.05) is 13.5 Å². The first-order chi connectivity index (χ1) is 11.1. The zero-order chi connectivity index (χ0) is 16.5. The maximum atomic E-state index is 11.8. The van der Waals surface area contributed by atoms with Crippen LogP contribution in [0.3, 0.4) is 0 Å². The molecular formula is C18H20N2O3. The number of anilines is 1. The zero-order valence-corrected chi connectivity index (χ0v) is 13.0. The third-order valence-corrected chi connectivity index (χ3v) is 3.14. The highest BCUT2D eigenvalue weighted by molar-refractivity contribution is 5.90. The summed E-state index contributed by atoms with van der Waals surface area (Å²) in [5.74, 6) is 0.0906. The van der Waals surface area contributed by atoms with Gasteiger partial charge in [0.1, 0.15) is 5.75 Å². The fraction of sp³-hybridized carbons (Fsp3) is 0.222. The number of amides is 2. The van der Waals surface area contributed by atoms with Crippen LogP contribution in [0, 0.1) is 0 Å². The summed E-state index contributed by atoms with van der Waals surface area (Å²) in [4.78, 5) is 23.0. The highest BCUT2D eigenvalue weighted by Crippen LogP contribution is 2.23. The molecule has 0 spiro atoms. The van der Waals surface area contributed by atoms with Crippen LogP contribution in [0.2, 0.25) is 0 Å². The molecule has 0 heterocycles. The minimum Gasteiger partial charge on any atom is -0.482 e. The number of para-hydroxylation sites is 2. The smallest absolute Gasteiger partial charge is 0.257 e. The molecule has 5 heteroatoms. The average Bonchev–Trinajstić information content (AvgIpc) is 2.54. The van der Waals surface area contributed by atoms with Gasteiger partial charge in [0.2, 0.25) is 5.91 Å². The highest BCUT2D eigenvalue weighted by atomic mass is 16.5. The van der Waals surface area contributed by atoms with Gasteiger partial charge in [-0.05, 0) is 24.1 Å². The predicted molar refractivity (Wildman–Crippen MR) is 89.4 cm³/mol. The molecular weight excluding hydrogens is 292 g/mol. The second-order valence-electron chi connectivity index (χ2n) is 5.05. The van der Waals surface area contributed by atoms with Gasteiger partial charge in [-0.15, -0.1) is 0 Å². The van der Waals surface area contributed by atoms with E-state index in [1.807, 2.05) is 30.3 Å². The molecule has 5 nitrogen and oxygen atoms in total. The molecule has 120 valence electrons. The Labute approximate surface area is 135 Å². The summed E-state index contributed by atoms with van der Waals surface area (Å²) in [6, 6.07) is 17.0. The van der Waals surface area contributed by atoms with Crippen LogP contribution in [-0.4, -0.2) is 25.0 Å². The number of ether oxygens (including phenoxy) is 1. The Kier molecular flexibility index (Phi) is 6.17. The fourth-order valence-electron chi connectivity index (χ4n) is 2.07. The lowest BCUT2D eigenvalue weighted by molar-refractivity contribution is -0.123. The molecule has 2 rings (SSSR count). The van der Waals surface area contributed by atoms with Crippen LogP contribution >= 0.6 is 0 Å². The molecule has 0 aromatic heterocycles. The Balaban J connectivity index is 1.77. The standard InChI is InChI=1S/C18H20N2O3/c1-14(21)20-16-9-5-6-10-17(16)23-13-18(22)19-12-11-15-7-3-2-4-8-15/h2-10H,11-13H2,1H3,(H,19,22)(H,20,21). The molecule has 0 bridgehead atoms. The second-order valence-corrected chi connectivity index (χ2v) is 5.05. The topological polar surface area (TPSA) is 67.4 Å². The van der Waals surface area contributed by atoms with Crippen molar-refractivity contribution in [2.24, 2.45) is 0 Å². The molecule has 0 aliphatic rings. The first-order valence-electron chi connectivity index (χ1n) is 7.45. The van der Waals surface area contributed by atoms with Crippen LogP contribution in [0.15, 0.2) is 54.6 Å². The first-order valence-corrected chi connectivity index (χ1v) is 7.45. The van der Waals surface area contributed by atoms with E-state index in [1.165, 1.54) is 12.5 Å². The lowest BCUT2D eigenvalue weighted by Crippen LogP contribution is -2.30. The molecule has 0 aliphatic heterocycles. The van der Waals surface area contributed by atoms with Gasteiger partial charge >= 0.3 is 0 Å². The third kappa shape index (κ3) is 5.82. The van der Waals surface area contributed by atoms with Gasteiger partial charge in [-0.3, -0.25) is 9.59 Å². The van der Waals surface area contributed by atoms with E-state index in [-0.39, 0.29) is 18.4 Å². The molecule has 2 aromatic rings. The van der Waals surface area contributed by atoms with Gasteiger partial charge < -0.3 is 15.4 Å². The van der Waals surface area contributed by atoms with E-state index in [9.17, 15) is 9.59 Å². The van der Waals surface area contributed by atoms with Crippen LogP contribution in [-0.2, 0) is 16.0 Å². The molecule has 0 unspecified atom stereocenters. The summed E-state index contributed by atoms with van der Waals surface area (Å²) >= 11 is 0. The van der Waals surface area contributed by atoms with Crippen LogP contribution in [0.25, 0.3) is 0 Å². The van der Waals surface area contributed by atoms with Crippen molar-refractivity contribution in [3.8, 4) is 5.75 Å².